The van der Waals surface area contributed by atoms with Crippen LogP contribution in [0.25, 0.3) is 0 Å². The maximum Gasteiger partial charge on any atom is 0.337 e. The number of fused-ring (bicyclic) bond motifs is 1. The zero-order valence-electron chi connectivity index (χ0n) is 21.1. The Bertz CT molecular complexity index is 1420. The summed E-state index contributed by atoms with van der Waals surface area (Å²) in [5.74, 6) is 1.72. The summed E-state index contributed by atoms with van der Waals surface area (Å²) in [6, 6.07) is 18.6. The van der Waals surface area contributed by atoms with Crippen LogP contribution in [0.3, 0.4) is 0 Å². The summed E-state index contributed by atoms with van der Waals surface area (Å²) in [5.41, 5.74) is 4.80. The Kier molecular flexibility index (Phi) is 4.73. The minimum Gasteiger partial charge on any atom is -0.497 e. The Balaban J connectivity index is 1.10. The van der Waals surface area contributed by atoms with E-state index >= 15 is 4.39 Å². The monoisotopic (exact) mass is 498 g/mol. The third-order valence-electron chi connectivity index (χ3n) is 10.3. The van der Waals surface area contributed by atoms with Crippen LogP contribution in [0.5, 0.6) is 5.75 Å². The van der Waals surface area contributed by atoms with Gasteiger partial charge in [0, 0.05) is 23.8 Å². The Morgan fingerprint density at radius 1 is 0.973 bits per heavy atom. The molecule has 0 aliphatic heterocycles. The average molecular weight is 499 g/mol. The van der Waals surface area contributed by atoms with E-state index in [0.29, 0.717) is 22.3 Å². The number of carbonyl (C=O) groups is 1. The molecule has 5 atom stereocenters. The van der Waals surface area contributed by atoms with Gasteiger partial charge in [-0.15, -0.1) is 0 Å². The minimum absolute atomic E-state index is 0.0144. The molecule has 4 fully saturated rings. The second-order valence-electron chi connectivity index (χ2n) is 11.6. The number of nitrogens with one attached hydrogen (secondary N) is 1. The van der Waals surface area contributed by atoms with E-state index in [1.165, 1.54) is 56.9 Å². The molecular formula is C31H31FN2O3. The highest BCUT2D eigenvalue weighted by Crippen LogP contribution is 2.86. The number of rotatable bonds is 7. The van der Waals surface area contributed by atoms with E-state index in [0.717, 1.165) is 29.1 Å². The Morgan fingerprint density at radius 2 is 1.73 bits per heavy atom. The lowest BCUT2D eigenvalue weighted by atomic mass is 9.31. The van der Waals surface area contributed by atoms with Gasteiger partial charge in [0.25, 0.3) is 0 Å². The normalized spacial score (nSPS) is 30.2. The number of hydrogen-bond acceptors (Lipinski definition) is 4. The van der Waals surface area contributed by atoms with Crippen molar-refractivity contribution in [2.45, 2.75) is 37.5 Å². The molecule has 4 aliphatic rings. The van der Waals surface area contributed by atoms with E-state index in [1.54, 1.807) is 18.2 Å². The molecule has 0 amide bonds. The molecule has 5 unspecified atom stereocenters. The minimum atomic E-state index is -1.11. The molecule has 37 heavy (non-hydrogen) atoms. The second-order valence-corrected chi connectivity index (χ2v) is 11.6. The van der Waals surface area contributed by atoms with Gasteiger partial charge in [0.15, 0.2) is 0 Å². The molecule has 2 N–H and O–H groups in total. The number of hydrogen-bond donors (Lipinski definition) is 2. The van der Waals surface area contributed by atoms with Crippen molar-refractivity contribution in [2.24, 2.45) is 23.2 Å². The fourth-order valence-electron chi connectivity index (χ4n) is 8.74. The van der Waals surface area contributed by atoms with Crippen molar-refractivity contribution in [2.75, 3.05) is 24.4 Å². The number of anilines is 4. The molecule has 4 aliphatic carbocycles. The zero-order chi connectivity index (χ0) is 25.5. The van der Waals surface area contributed by atoms with Gasteiger partial charge in [0.2, 0.25) is 0 Å². The van der Waals surface area contributed by atoms with Crippen LogP contribution >= 0.6 is 0 Å². The third kappa shape index (κ3) is 2.98. The predicted molar refractivity (Wildman–Crippen MR) is 142 cm³/mol. The summed E-state index contributed by atoms with van der Waals surface area (Å²) in [7, 11) is 3.42. The SMILES string of the molecule is COc1ccc(Nc2ccc(N(C)c3ccc(C45CC6CC7CC(C4)C75C6)cc3)cc2F)c(C(=O)O)c1. The van der Waals surface area contributed by atoms with Crippen LogP contribution in [0, 0.1) is 29.0 Å². The van der Waals surface area contributed by atoms with E-state index in [9.17, 15) is 9.90 Å². The smallest absolute Gasteiger partial charge is 0.337 e. The number of halogens is 1. The average Bonchev–Trinajstić information content (AvgIpc) is 3.39. The van der Waals surface area contributed by atoms with Gasteiger partial charge in [-0.3, -0.25) is 0 Å². The van der Waals surface area contributed by atoms with Gasteiger partial charge < -0.3 is 20.1 Å². The van der Waals surface area contributed by atoms with Gasteiger partial charge in [0.1, 0.15) is 11.6 Å². The van der Waals surface area contributed by atoms with Gasteiger partial charge in [-0.05, 0) is 109 Å². The summed E-state index contributed by atoms with van der Waals surface area (Å²) in [5, 5.41) is 12.5. The highest BCUT2D eigenvalue weighted by Gasteiger charge is 2.80. The number of carboxylic acids is 1. The van der Waals surface area contributed by atoms with Crippen molar-refractivity contribution in [1.82, 2.24) is 0 Å². The number of aromatic carboxylic acids is 1. The molecule has 3 aromatic rings. The highest BCUT2D eigenvalue weighted by atomic mass is 19.1. The molecule has 3 aromatic carbocycles. The molecule has 0 saturated heterocycles. The molecule has 0 radical (unpaired) electrons. The van der Waals surface area contributed by atoms with Gasteiger partial charge in [-0.25, -0.2) is 9.18 Å². The lowest BCUT2D eigenvalue weighted by Crippen LogP contribution is -2.68. The van der Waals surface area contributed by atoms with Crippen LogP contribution in [-0.2, 0) is 5.41 Å². The standard InChI is InChI=1S/C31H31FN2O3/c1-34(22-5-3-19(4-6-22)30-15-18-11-20-12-21(17-30)31(20,30)16-18)23-7-9-28(26(32)13-23)33-27-10-8-24(37-2)14-25(27)29(35)36/h3-10,13-14,18,20-21,33H,11-12,15-17H2,1-2H3,(H,35,36). The zero-order valence-corrected chi connectivity index (χ0v) is 21.1. The molecule has 0 aromatic heterocycles. The van der Waals surface area contributed by atoms with Crippen molar-refractivity contribution in [3.63, 3.8) is 0 Å². The van der Waals surface area contributed by atoms with Crippen LogP contribution in [0.2, 0.25) is 0 Å². The quantitative estimate of drug-likeness (QED) is 0.363. The van der Waals surface area contributed by atoms with Gasteiger partial charge >= 0.3 is 5.97 Å². The number of methoxy groups -OCH3 is 1. The highest BCUT2D eigenvalue weighted by molar-refractivity contribution is 5.95. The van der Waals surface area contributed by atoms with Crippen molar-refractivity contribution in [3.8, 4) is 5.75 Å². The number of benzene rings is 3. The van der Waals surface area contributed by atoms with Crippen molar-refractivity contribution in [3.05, 3.63) is 77.6 Å². The topological polar surface area (TPSA) is 61.8 Å². The predicted octanol–water partition coefficient (Wildman–Crippen LogP) is 7.12. The molecule has 190 valence electrons. The first-order valence-corrected chi connectivity index (χ1v) is 13.2. The first-order chi connectivity index (χ1) is 17.8. The van der Waals surface area contributed by atoms with E-state index in [2.05, 4.69) is 29.6 Å². The van der Waals surface area contributed by atoms with Crippen LogP contribution in [0.1, 0.15) is 48.0 Å². The summed E-state index contributed by atoms with van der Waals surface area (Å²) < 4.78 is 20.2. The maximum atomic E-state index is 15.1. The fraction of sp³-hybridized carbons (Fsp3) is 0.387. The Morgan fingerprint density at radius 3 is 2.41 bits per heavy atom. The molecule has 7 rings (SSSR count). The van der Waals surface area contributed by atoms with E-state index in [1.807, 2.05) is 18.0 Å². The molecular weight excluding hydrogens is 467 g/mol. The first-order valence-electron chi connectivity index (χ1n) is 13.2. The first kappa shape index (κ1) is 22.6. The van der Waals surface area contributed by atoms with E-state index < -0.39 is 11.8 Å². The molecule has 1 spiro atoms. The van der Waals surface area contributed by atoms with Gasteiger partial charge in [-0.2, -0.15) is 0 Å². The van der Waals surface area contributed by atoms with Crippen molar-refractivity contribution in [1.29, 1.82) is 0 Å². The lowest BCUT2D eigenvalue weighted by molar-refractivity contribution is -0.198. The second kappa shape index (κ2) is 7.73. The summed E-state index contributed by atoms with van der Waals surface area (Å²) in [6.07, 6.45) is 7.12. The number of ether oxygens (including phenoxy) is 1. The fourth-order valence-corrected chi connectivity index (χ4v) is 8.74. The number of nitrogens with zero attached hydrogens (tertiary/aromatic N) is 1. The molecule has 5 nitrogen and oxygen atoms in total. The Hall–Kier alpha value is -3.54. The van der Waals surface area contributed by atoms with Crippen molar-refractivity contribution < 1.29 is 19.0 Å². The van der Waals surface area contributed by atoms with E-state index in [4.69, 9.17) is 4.74 Å². The van der Waals surface area contributed by atoms with Crippen LogP contribution in [0.4, 0.5) is 27.1 Å². The molecule has 6 heteroatoms. The summed E-state index contributed by atoms with van der Waals surface area (Å²) in [6.45, 7) is 0. The van der Waals surface area contributed by atoms with Crippen molar-refractivity contribution >= 4 is 28.7 Å². The van der Waals surface area contributed by atoms with E-state index in [-0.39, 0.29) is 11.3 Å². The van der Waals surface area contributed by atoms with Gasteiger partial charge in [-0.1, -0.05) is 12.1 Å². The summed E-state index contributed by atoms with van der Waals surface area (Å²) in [4.78, 5) is 13.7. The third-order valence-corrected chi connectivity index (χ3v) is 10.3. The van der Waals surface area contributed by atoms with Crippen LogP contribution in [0.15, 0.2) is 60.7 Å². The molecule has 4 saturated carbocycles. The molecule has 0 heterocycles. The largest absolute Gasteiger partial charge is 0.497 e. The number of carboxylic acid groups (broad SMARTS) is 1. The maximum absolute atomic E-state index is 15.1. The molecule has 2 bridgehead atoms. The van der Waals surface area contributed by atoms with Crippen LogP contribution in [-0.4, -0.2) is 25.2 Å². The lowest BCUT2D eigenvalue weighted by Gasteiger charge is -2.73. The van der Waals surface area contributed by atoms with Crippen LogP contribution < -0.4 is 15.0 Å². The summed E-state index contributed by atoms with van der Waals surface area (Å²) >= 11 is 0. The van der Waals surface area contributed by atoms with Gasteiger partial charge in [0.05, 0.1) is 24.0 Å². The Labute approximate surface area is 216 Å².